The molecule has 0 saturated heterocycles. The van der Waals surface area contributed by atoms with E-state index in [4.69, 9.17) is 4.42 Å². The average molecular weight is 663 g/mol. The zero-order valence-electron chi connectivity index (χ0n) is 29.1. The highest BCUT2D eigenvalue weighted by Gasteiger charge is 2.37. The van der Waals surface area contributed by atoms with Gasteiger partial charge in [-0.3, -0.25) is 0 Å². The normalized spacial score (nSPS) is 13.3. The summed E-state index contributed by atoms with van der Waals surface area (Å²) in [6.07, 6.45) is 0. The van der Waals surface area contributed by atoms with Crippen LogP contribution in [0.15, 0.2) is 174 Å². The molecule has 1 heteroatoms. The van der Waals surface area contributed by atoms with Gasteiger partial charge in [0, 0.05) is 21.8 Å². The Morgan fingerprint density at radius 2 is 1.00 bits per heavy atom. The molecule has 0 radical (unpaired) electrons. The molecular formula is C51H34O. The Balaban J connectivity index is 1.19. The van der Waals surface area contributed by atoms with Crippen LogP contribution < -0.4 is 0 Å². The van der Waals surface area contributed by atoms with Crippen molar-refractivity contribution in [1.29, 1.82) is 0 Å². The van der Waals surface area contributed by atoms with Crippen LogP contribution in [0.5, 0.6) is 0 Å². The smallest absolute Gasteiger partial charge is 0.143 e. The van der Waals surface area contributed by atoms with Crippen molar-refractivity contribution in [2.24, 2.45) is 0 Å². The molecule has 0 saturated carbocycles. The van der Waals surface area contributed by atoms with Gasteiger partial charge >= 0.3 is 0 Å². The van der Waals surface area contributed by atoms with Crippen molar-refractivity contribution in [2.45, 2.75) is 19.3 Å². The molecule has 10 aromatic rings. The lowest BCUT2D eigenvalue weighted by atomic mass is 9.82. The highest BCUT2D eigenvalue weighted by molar-refractivity contribution is 6.24. The molecular weight excluding hydrogens is 629 g/mol. The minimum absolute atomic E-state index is 0.0736. The van der Waals surface area contributed by atoms with E-state index in [2.05, 4.69) is 184 Å². The molecule has 1 aliphatic carbocycles. The molecule has 1 nitrogen and oxygen atoms in total. The Hall–Kier alpha value is -6.44. The molecule has 0 spiro atoms. The standard InChI is InChI=1S/C51H34O/c1-51(2)44-23-13-12-22-41(44)49-45(51)26-25-40-42-29-33(24-27-46(42)52-50(40)49)47-36-18-8-10-20-38(36)48(39-21-11-9-19-37(39)47)43-30-34(31-14-4-3-5-15-31)28-32-16-6-7-17-35(32)43/h3-30H,1-2H3. The average Bonchev–Trinajstić information content (AvgIpc) is 3.68. The van der Waals surface area contributed by atoms with Crippen molar-refractivity contribution < 1.29 is 4.42 Å². The Morgan fingerprint density at radius 1 is 0.365 bits per heavy atom. The van der Waals surface area contributed by atoms with Crippen LogP contribution in [0.2, 0.25) is 0 Å². The number of rotatable bonds is 3. The summed E-state index contributed by atoms with van der Waals surface area (Å²) in [6.45, 7) is 4.65. The van der Waals surface area contributed by atoms with Gasteiger partial charge < -0.3 is 4.42 Å². The number of fused-ring (bicyclic) bond motifs is 10. The minimum Gasteiger partial charge on any atom is -0.455 e. The number of benzene rings is 9. The molecule has 0 aliphatic heterocycles. The van der Waals surface area contributed by atoms with Gasteiger partial charge in [-0.1, -0.05) is 159 Å². The molecule has 11 rings (SSSR count). The van der Waals surface area contributed by atoms with Gasteiger partial charge in [-0.25, -0.2) is 0 Å². The summed E-state index contributed by atoms with van der Waals surface area (Å²) < 4.78 is 6.78. The van der Waals surface area contributed by atoms with Gasteiger partial charge in [0.2, 0.25) is 0 Å². The topological polar surface area (TPSA) is 13.1 Å². The lowest BCUT2D eigenvalue weighted by Gasteiger charge is -2.21. The molecule has 9 aromatic carbocycles. The lowest BCUT2D eigenvalue weighted by molar-refractivity contribution is 0.653. The first kappa shape index (κ1) is 29.3. The summed E-state index contributed by atoms with van der Waals surface area (Å²) in [5.41, 5.74) is 14.5. The third-order valence-electron chi connectivity index (χ3n) is 11.6. The fourth-order valence-electron chi connectivity index (χ4n) is 9.22. The van der Waals surface area contributed by atoms with E-state index in [0.717, 1.165) is 21.9 Å². The molecule has 1 aromatic heterocycles. The maximum absolute atomic E-state index is 6.78. The number of furan rings is 1. The molecule has 0 unspecified atom stereocenters. The molecule has 0 amide bonds. The predicted octanol–water partition coefficient (Wildman–Crippen LogP) is 14.4. The van der Waals surface area contributed by atoms with Crippen LogP contribution in [0, 0.1) is 0 Å². The predicted molar refractivity (Wildman–Crippen MR) is 220 cm³/mol. The van der Waals surface area contributed by atoms with Crippen LogP contribution in [-0.4, -0.2) is 0 Å². The van der Waals surface area contributed by atoms with Gasteiger partial charge in [-0.05, 0) is 107 Å². The van der Waals surface area contributed by atoms with Gasteiger partial charge in [-0.2, -0.15) is 0 Å². The van der Waals surface area contributed by atoms with E-state index in [9.17, 15) is 0 Å². The highest BCUT2D eigenvalue weighted by Crippen LogP contribution is 2.53. The second-order valence-corrected chi connectivity index (χ2v) is 14.8. The Kier molecular flexibility index (Phi) is 6.08. The Labute approximate surface area is 302 Å². The molecule has 1 aliphatic rings. The molecule has 0 bridgehead atoms. The highest BCUT2D eigenvalue weighted by atomic mass is 16.3. The van der Waals surface area contributed by atoms with Crippen LogP contribution >= 0.6 is 0 Å². The summed E-state index contributed by atoms with van der Waals surface area (Å²) >= 11 is 0. The number of hydrogen-bond donors (Lipinski definition) is 0. The summed E-state index contributed by atoms with van der Waals surface area (Å²) in [5, 5.41) is 9.80. The van der Waals surface area contributed by atoms with Gasteiger partial charge in [0.15, 0.2) is 0 Å². The van der Waals surface area contributed by atoms with Gasteiger partial charge in [0.25, 0.3) is 0 Å². The van der Waals surface area contributed by atoms with E-state index in [1.54, 1.807) is 0 Å². The van der Waals surface area contributed by atoms with Crippen molar-refractivity contribution >= 4 is 54.3 Å². The first-order chi connectivity index (χ1) is 25.6. The van der Waals surface area contributed by atoms with Crippen LogP contribution in [0.25, 0.3) is 98.8 Å². The molecule has 52 heavy (non-hydrogen) atoms. The second-order valence-electron chi connectivity index (χ2n) is 14.8. The summed E-state index contributed by atoms with van der Waals surface area (Å²) in [7, 11) is 0. The van der Waals surface area contributed by atoms with Crippen molar-refractivity contribution in [3.63, 3.8) is 0 Å². The minimum atomic E-state index is -0.0736. The second kappa shape index (κ2) is 10.8. The number of hydrogen-bond acceptors (Lipinski definition) is 1. The van der Waals surface area contributed by atoms with Crippen molar-refractivity contribution in [1.82, 2.24) is 0 Å². The molecule has 0 fully saturated rings. The van der Waals surface area contributed by atoms with Gasteiger partial charge in [0.05, 0.1) is 0 Å². The van der Waals surface area contributed by atoms with Gasteiger partial charge in [0.1, 0.15) is 11.2 Å². The van der Waals surface area contributed by atoms with Crippen LogP contribution in [0.3, 0.4) is 0 Å². The maximum Gasteiger partial charge on any atom is 0.143 e. The molecule has 244 valence electrons. The van der Waals surface area contributed by atoms with Crippen LogP contribution in [-0.2, 0) is 5.41 Å². The monoisotopic (exact) mass is 662 g/mol. The lowest BCUT2D eigenvalue weighted by Crippen LogP contribution is -2.14. The SMILES string of the molecule is CC1(C)c2ccccc2-c2c1ccc1c2oc2ccc(-c3c4ccccc4c(-c4cc(-c5ccccc5)cc5ccccc45)c4ccccc34)cc21. The Morgan fingerprint density at radius 3 is 1.75 bits per heavy atom. The summed E-state index contributed by atoms with van der Waals surface area (Å²) in [5.74, 6) is 0. The van der Waals surface area contributed by atoms with E-state index >= 15 is 0 Å². The first-order valence-electron chi connectivity index (χ1n) is 18.2. The van der Waals surface area contributed by atoms with E-state index < -0.39 is 0 Å². The summed E-state index contributed by atoms with van der Waals surface area (Å²) in [4.78, 5) is 0. The quantitative estimate of drug-likeness (QED) is 0.172. The van der Waals surface area contributed by atoms with Crippen molar-refractivity contribution in [3.8, 4) is 44.5 Å². The fourth-order valence-corrected chi connectivity index (χ4v) is 9.22. The third kappa shape index (κ3) is 4.05. The van der Waals surface area contributed by atoms with E-state index in [-0.39, 0.29) is 5.41 Å². The maximum atomic E-state index is 6.78. The zero-order chi connectivity index (χ0) is 34.6. The van der Waals surface area contributed by atoms with E-state index in [0.29, 0.717) is 0 Å². The van der Waals surface area contributed by atoms with Crippen LogP contribution in [0.1, 0.15) is 25.0 Å². The molecule has 0 N–H and O–H groups in total. The summed E-state index contributed by atoms with van der Waals surface area (Å²) in [6, 6.07) is 62.4. The van der Waals surface area contributed by atoms with E-state index in [1.807, 2.05) is 0 Å². The molecule has 0 atom stereocenters. The fraction of sp³-hybridized carbons (Fsp3) is 0.0588. The Bertz CT molecular complexity index is 3030. The largest absolute Gasteiger partial charge is 0.455 e. The van der Waals surface area contributed by atoms with Crippen molar-refractivity contribution in [2.75, 3.05) is 0 Å². The van der Waals surface area contributed by atoms with E-state index in [1.165, 1.54) is 88.0 Å². The first-order valence-corrected chi connectivity index (χ1v) is 18.2. The third-order valence-corrected chi connectivity index (χ3v) is 11.6. The zero-order valence-corrected chi connectivity index (χ0v) is 29.1. The van der Waals surface area contributed by atoms with Gasteiger partial charge in [-0.15, -0.1) is 0 Å². The van der Waals surface area contributed by atoms with Crippen molar-refractivity contribution in [3.05, 3.63) is 181 Å². The molecule has 1 heterocycles. The van der Waals surface area contributed by atoms with Crippen LogP contribution in [0.4, 0.5) is 0 Å².